The Labute approximate surface area is 150 Å². The Morgan fingerprint density at radius 2 is 2.04 bits per heavy atom. The SMILES string of the molecule is CN(C)c1cc(N(C)C2CCCN(CCc3cccnc3)C2)ncn1. The van der Waals surface area contributed by atoms with E-state index in [0.29, 0.717) is 6.04 Å². The van der Waals surface area contributed by atoms with Crippen LogP contribution in [0.4, 0.5) is 11.6 Å². The Hall–Kier alpha value is -2.21. The molecule has 1 unspecified atom stereocenters. The summed E-state index contributed by atoms with van der Waals surface area (Å²) in [6.45, 7) is 3.35. The van der Waals surface area contributed by atoms with Crippen LogP contribution in [-0.2, 0) is 6.42 Å². The van der Waals surface area contributed by atoms with Gasteiger partial charge in [-0.1, -0.05) is 6.07 Å². The topological polar surface area (TPSA) is 48.4 Å². The number of piperidine rings is 1. The first-order chi connectivity index (χ1) is 12.1. The minimum absolute atomic E-state index is 0.493. The zero-order valence-corrected chi connectivity index (χ0v) is 15.5. The molecule has 6 nitrogen and oxygen atoms in total. The number of aromatic nitrogens is 3. The lowest BCUT2D eigenvalue weighted by atomic mass is 10.0. The second-order valence-electron chi connectivity index (χ2n) is 6.95. The van der Waals surface area contributed by atoms with E-state index in [0.717, 1.165) is 31.1 Å². The molecular formula is C19H28N6. The van der Waals surface area contributed by atoms with Crippen LogP contribution in [0.1, 0.15) is 18.4 Å². The number of likely N-dealkylation sites (N-methyl/N-ethyl adjacent to an activating group) is 1. The molecule has 0 bridgehead atoms. The molecule has 2 aromatic heterocycles. The van der Waals surface area contributed by atoms with Crippen LogP contribution in [0.2, 0.25) is 0 Å². The molecule has 134 valence electrons. The summed E-state index contributed by atoms with van der Waals surface area (Å²) in [5.41, 5.74) is 1.31. The third-order valence-corrected chi connectivity index (χ3v) is 4.93. The molecule has 3 rings (SSSR count). The van der Waals surface area contributed by atoms with E-state index in [1.54, 1.807) is 6.33 Å². The van der Waals surface area contributed by atoms with E-state index in [9.17, 15) is 0 Å². The molecule has 2 aromatic rings. The highest BCUT2D eigenvalue weighted by molar-refractivity contribution is 5.49. The summed E-state index contributed by atoms with van der Waals surface area (Å²) < 4.78 is 0. The number of hydrogen-bond donors (Lipinski definition) is 0. The van der Waals surface area contributed by atoms with E-state index < -0.39 is 0 Å². The van der Waals surface area contributed by atoms with Crippen molar-refractivity contribution in [2.24, 2.45) is 0 Å². The standard InChI is InChI=1S/C19H28N6/c1-23(2)18-12-19(22-15-21-18)24(3)17-7-5-10-25(14-17)11-8-16-6-4-9-20-13-16/h4,6,9,12-13,15,17H,5,7-8,10-11,14H2,1-3H3. The predicted octanol–water partition coefficient (Wildman–Crippen LogP) is 2.08. The van der Waals surface area contributed by atoms with Crippen molar-refractivity contribution >= 4 is 11.6 Å². The average molecular weight is 340 g/mol. The Morgan fingerprint density at radius 1 is 1.20 bits per heavy atom. The fourth-order valence-electron chi connectivity index (χ4n) is 3.35. The third-order valence-electron chi connectivity index (χ3n) is 4.93. The van der Waals surface area contributed by atoms with Gasteiger partial charge in [0.25, 0.3) is 0 Å². The maximum absolute atomic E-state index is 4.48. The van der Waals surface area contributed by atoms with E-state index in [-0.39, 0.29) is 0 Å². The van der Waals surface area contributed by atoms with Crippen LogP contribution in [-0.4, -0.2) is 66.7 Å². The van der Waals surface area contributed by atoms with Gasteiger partial charge in [-0.3, -0.25) is 4.98 Å². The fraction of sp³-hybridized carbons (Fsp3) is 0.526. The molecule has 1 aliphatic rings. The molecule has 1 atom stereocenters. The van der Waals surface area contributed by atoms with Crippen LogP contribution in [0.25, 0.3) is 0 Å². The van der Waals surface area contributed by atoms with Gasteiger partial charge in [0.1, 0.15) is 18.0 Å². The minimum Gasteiger partial charge on any atom is -0.363 e. The van der Waals surface area contributed by atoms with Gasteiger partial charge >= 0.3 is 0 Å². The lowest BCUT2D eigenvalue weighted by Crippen LogP contribution is -2.47. The number of likely N-dealkylation sites (tertiary alicyclic amines) is 1. The Kier molecular flexibility index (Phi) is 5.81. The smallest absolute Gasteiger partial charge is 0.134 e. The van der Waals surface area contributed by atoms with Crippen LogP contribution >= 0.6 is 0 Å². The summed E-state index contributed by atoms with van der Waals surface area (Å²) in [5.74, 6) is 1.94. The maximum atomic E-state index is 4.48. The summed E-state index contributed by atoms with van der Waals surface area (Å²) >= 11 is 0. The van der Waals surface area contributed by atoms with Gasteiger partial charge in [0.05, 0.1) is 0 Å². The van der Waals surface area contributed by atoms with E-state index in [1.807, 2.05) is 37.5 Å². The van der Waals surface area contributed by atoms with E-state index in [2.05, 4.69) is 43.9 Å². The van der Waals surface area contributed by atoms with E-state index in [1.165, 1.54) is 24.9 Å². The lowest BCUT2D eigenvalue weighted by molar-refractivity contribution is 0.208. The van der Waals surface area contributed by atoms with Gasteiger partial charge in [0.15, 0.2) is 0 Å². The Balaban J connectivity index is 1.59. The largest absolute Gasteiger partial charge is 0.363 e. The summed E-state index contributed by atoms with van der Waals surface area (Å²) in [7, 11) is 6.16. The van der Waals surface area contributed by atoms with Gasteiger partial charge in [-0.2, -0.15) is 0 Å². The lowest BCUT2D eigenvalue weighted by Gasteiger charge is -2.38. The summed E-state index contributed by atoms with van der Waals surface area (Å²) in [6, 6.07) is 6.73. The first-order valence-corrected chi connectivity index (χ1v) is 8.97. The van der Waals surface area contributed by atoms with Crippen LogP contribution in [0.3, 0.4) is 0 Å². The highest BCUT2D eigenvalue weighted by atomic mass is 15.3. The Morgan fingerprint density at radius 3 is 2.80 bits per heavy atom. The first kappa shape index (κ1) is 17.6. The molecule has 0 aliphatic carbocycles. The van der Waals surface area contributed by atoms with Gasteiger partial charge in [0, 0.05) is 58.7 Å². The highest BCUT2D eigenvalue weighted by Gasteiger charge is 2.24. The van der Waals surface area contributed by atoms with Crippen molar-refractivity contribution in [1.29, 1.82) is 0 Å². The highest BCUT2D eigenvalue weighted by Crippen LogP contribution is 2.22. The molecule has 1 aliphatic heterocycles. The molecule has 0 amide bonds. The van der Waals surface area contributed by atoms with Crippen LogP contribution in [0.5, 0.6) is 0 Å². The van der Waals surface area contributed by atoms with E-state index in [4.69, 9.17) is 0 Å². The van der Waals surface area contributed by atoms with Crippen molar-refractivity contribution in [2.45, 2.75) is 25.3 Å². The fourth-order valence-corrected chi connectivity index (χ4v) is 3.35. The second kappa shape index (κ2) is 8.25. The number of hydrogen-bond acceptors (Lipinski definition) is 6. The minimum atomic E-state index is 0.493. The molecule has 0 spiro atoms. The van der Waals surface area contributed by atoms with Crippen LogP contribution < -0.4 is 9.80 Å². The third kappa shape index (κ3) is 4.66. The molecular weight excluding hydrogens is 312 g/mol. The van der Waals surface area contributed by atoms with Crippen molar-refractivity contribution < 1.29 is 0 Å². The molecule has 1 fully saturated rings. The quantitative estimate of drug-likeness (QED) is 0.802. The molecule has 0 saturated carbocycles. The zero-order valence-electron chi connectivity index (χ0n) is 15.5. The predicted molar refractivity (Wildman–Crippen MR) is 102 cm³/mol. The van der Waals surface area contributed by atoms with E-state index >= 15 is 0 Å². The maximum Gasteiger partial charge on any atom is 0.134 e. The molecule has 25 heavy (non-hydrogen) atoms. The number of pyridine rings is 1. The van der Waals surface area contributed by atoms with Gasteiger partial charge in [-0.05, 0) is 37.4 Å². The molecule has 0 aromatic carbocycles. The molecule has 3 heterocycles. The normalized spacial score (nSPS) is 18.1. The molecule has 1 saturated heterocycles. The van der Waals surface area contributed by atoms with Gasteiger partial charge in [0.2, 0.25) is 0 Å². The first-order valence-electron chi connectivity index (χ1n) is 8.97. The van der Waals surface area contributed by atoms with Crippen molar-refractivity contribution in [2.75, 3.05) is 50.6 Å². The van der Waals surface area contributed by atoms with Crippen LogP contribution in [0, 0.1) is 0 Å². The van der Waals surface area contributed by atoms with Gasteiger partial charge in [-0.25, -0.2) is 9.97 Å². The van der Waals surface area contributed by atoms with Crippen molar-refractivity contribution in [3.63, 3.8) is 0 Å². The molecule has 0 N–H and O–H groups in total. The zero-order chi connectivity index (χ0) is 17.6. The van der Waals surface area contributed by atoms with Crippen molar-refractivity contribution in [3.05, 3.63) is 42.5 Å². The monoisotopic (exact) mass is 340 g/mol. The van der Waals surface area contributed by atoms with Crippen LogP contribution in [0.15, 0.2) is 36.9 Å². The summed E-state index contributed by atoms with van der Waals surface area (Å²) in [4.78, 5) is 19.9. The Bertz CT molecular complexity index is 660. The van der Waals surface area contributed by atoms with Crippen molar-refractivity contribution in [3.8, 4) is 0 Å². The second-order valence-corrected chi connectivity index (χ2v) is 6.95. The average Bonchev–Trinajstić information content (AvgIpc) is 2.67. The number of rotatable bonds is 6. The van der Waals surface area contributed by atoms with Gasteiger partial charge < -0.3 is 14.7 Å². The number of anilines is 2. The number of nitrogens with zero attached hydrogens (tertiary/aromatic N) is 6. The summed E-state index contributed by atoms with van der Waals surface area (Å²) in [5, 5.41) is 0. The molecule has 0 radical (unpaired) electrons. The molecule has 6 heteroatoms. The summed E-state index contributed by atoms with van der Waals surface area (Å²) in [6.07, 6.45) is 8.96. The van der Waals surface area contributed by atoms with Gasteiger partial charge in [-0.15, -0.1) is 0 Å². The van der Waals surface area contributed by atoms with Crippen molar-refractivity contribution in [1.82, 2.24) is 19.9 Å².